The van der Waals surface area contributed by atoms with Crippen LogP contribution in [0.15, 0.2) is 18.2 Å². The maximum atomic E-state index is 11.7. The van der Waals surface area contributed by atoms with E-state index in [1.54, 1.807) is 11.0 Å². The summed E-state index contributed by atoms with van der Waals surface area (Å²) in [5.41, 5.74) is 6.83. The molecule has 0 atom stereocenters. The molecule has 0 spiro atoms. The van der Waals surface area contributed by atoms with Crippen molar-refractivity contribution in [3.63, 3.8) is 0 Å². The van der Waals surface area contributed by atoms with Gasteiger partial charge in [0.2, 0.25) is 5.91 Å². The van der Waals surface area contributed by atoms with Gasteiger partial charge in [-0.3, -0.25) is 25.2 Å². The lowest BCUT2D eigenvalue weighted by atomic mass is 10.1. The molecule has 2 rings (SSSR count). The SMILES string of the molecule is Cc1ccc(OCC(=O)NNC(=O)CCN2CCSC2=O)cc1C. The Morgan fingerprint density at radius 1 is 1.21 bits per heavy atom. The Morgan fingerprint density at radius 3 is 2.62 bits per heavy atom. The smallest absolute Gasteiger partial charge is 0.281 e. The summed E-state index contributed by atoms with van der Waals surface area (Å²) in [6, 6.07) is 5.56. The van der Waals surface area contributed by atoms with E-state index in [0.717, 1.165) is 16.9 Å². The molecule has 1 aromatic carbocycles. The molecule has 0 unspecified atom stereocenters. The summed E-state index contributed by atoms with van der Waals surface area (Å²) in [6.07, 6.45) is 0.143. The highest BCUT2D eigenvalue weighted by Gasteiger charge is 2.21. The molecular formula is C16H21N3O4S. The fourth-order valence-electron chi connectivity index (χ4n) is 2.06. The molecule has 2 N–H and O–H groups in total. The molecule has 1 saturated heterocycles. The predicted molar refractivity (Wildman–Crippen MR) is 91.7 cm³/mol. The molecular weight excluding hydrogens is 330 g/mol. The van der Waals surface area contributed by atoms with Gasteiger partial charge in [0.05, 0.1) is 0 Å². The number of carbonyl (C=O) groups excluding carboxylic acids is 3. The molecule has 0 radical (unpaired) electrons. The minimum absolute atomic E-state index is 0.00590. The number of hydrogen-bond donors (Lipinski definition) is 2. The maximum Gasteiger partial charge on any atom is 0.281 e. The summed E-state index contributed by atoms with van der Waals surface area (Å²) in [5.74, 6) is 0.561. The van der Waals surface area contributed by atoms with Crippen LogP contribution in [0.3, 0.4) is 0 Å². The molecule has 8 heteroatoms. The first-order chi connectivity index (χ1) is 11.5. The summed E-state index contributed by atoms with van der Waals surface area (Å²) >= 11 is 1.25. The van der Waals surface area contributed by atoms with E-state index in [0.29, 0.717) is 18.8 Å². The standard InChI is InChI=1S/C16H21N3O4S/c1-11-3-4-13(9-12(11)2)23-10-15(21)18-17-14(20)5-6-19-7-8-24-16(19)22/h3-4,9H,5-8,10H2,1-2H3,(H,17,20)(H,18,21). The molecule has 3 amide bonds. The van der Waals surface area contributed by atoms with Crippen LogP contribution in [0.4, 0.5) is 4.79 Å². The zero-order valence-electron chi connectivity index (χ0n) is 13.8. The van der Waals surface area contributed by atoms with Crippen LogP contribution in [0.2, 0.25) is 0 Å². The Kier molecular flexibility index (Phi) is 6.48. The van der Waals surface area contributed by atoms with E-state index >= 15 is 0 Å². The van der Waals surface area contributed by atoms with E-state index in [4.69, 9.17) is 4.74 Å². The second kappa shape index (κ2) is 8.58. The van der Waals surface area contributed by atoms with Gasteiger partial charge >= 0.3 is 0 Å². The Morgan fingerprint density at radius 2 is 1.96 bits per heavy atom. The van der Waals surface area contributed by atoms with Crippen LogP contribution in [0.5, 0.6) is 5.75 Å². The molecule has 7 nitrogen and oxygen atoms in total. The van der Waals surface area contributed by atoms with Gasteiger partial charge < -0.3 is 9.64 Å². The van der Waals surface area contributed by atoms with Gasteiger partial charge in [0.15, 0.2) is 6.61 Å². The number of benzene rings is 1. The first-order valence-corrected chi connectivity index (χ1v) is 8.63. The van der Waals surface area contributed by atoms with Crippen LogP contribution >= 0.6 is 11.8 Å². The van der Waals surface area contributed by atoms with E-state index in [2.05, 4.69) is 10.9 Å². The van der Waals surface area contributed by atoms with Gasteiger partial charge in [-0.2, -0.15) is 0 Å². The highest BCUT2D eigenvalue weighted by atomic mass is 32.2. The number of amides is 3. The van der Waals surface area contributed by atoms with Gasteiger partial charge in [-0.15, -0.1) is 0 Å². The van der Waals surface area contributed by atoms with E-state index in [1.807, 2.05) is 26.0 Å². The molecule has 1 aromatic rings. The number of thioether (sulfide) groups is 1. The summed E-state index contributed by atoms with van der Waals surface area (Å²) in [7, 11) is 0. The Bertz CT molecular complexity index is 636. The van der Waals surface area contributed by atoms with Crippen LogP contribution in [-0.4, -0.2) is 47.4 Å². The largest absolute Gasteiger partial charge is 0.484 e. The fourth-order valence-corrected chi connectivity index (χ4v) is 2.91. The molecule has 0 aliphatic carbocycles. The first-order valence-electron chi connectivity index (χ1n) is 7.65. The van der Waals surface area contributed by atoms with Crippen LogP contribution < -0.4 is 15.6 Å². The van der Waals surface area contributed by atoms with Gasteiger partial charge in [0.25, 0.3) is 11.1 Å². The molecule has 1 aliphatic heterocycles. The van der Waals surface area contributed by atoms with Gasteiger partial charge in [0, 0.05) is 25.3 Å². The lowest BCUT2D eigenvalue weighted by Crippen LogP contribution is -2.44. The first kappa shape index (κ1) is 18.1. The third-order valence-corrected chi connectivity index (χ3v) is 4.54. The quantitative estimate of drug-likeness (QED) is 0.756. The van der Waals surface area contributed by atoms with Crippen molar-refractivity contribution in [2.75, 3.05) is 25.4 Å². The molecule has 24 heavy (non-hydrogen) atoms. The van der Waals surface area contributed by atoms with Crippen LogP contribution in [0, 0.1) is 13.8 Å². The van der Waals surface area contributed by atoms with Crippen LogP contribution in [0.1, 0.15) is 17.5 Å². The zero-order valence-corrected chi connectivity index (χ0v) is 14.6. The number of aryl methyl sites for hydroxylation is 2. The minimum Gasteiger partial charge on any atom is -0.484 e. The lowest BCUT2D eigenvalue weighted by molar-refractivity contribution is -0.130. The van der Waals surface area contributed by atoms with E-state index < -0.39 is 5.91 Å². The van der Waals surface area contributed by atoms with E-state index in [9.17, 15) is 14.4 Å². The number of hydrogen-bond acceptors (Lipinski definition) is 5. The van der Waals surface area contributed by atoms with E-state index in [1.165, 1.54) is 11.8 Å². The normalized spacial score (nSPS) is 13.8. The van der Waals surface area contributed by atoms with Crippen molar-refractivity contribution in [2.24, 2.45) is 0 Å². The second-order valence-corrected chi connectivity index (χ2v) is 6.53. The summed E-state index contributed by atoms with van der Waals surface area (Å²) in [6.45, 7) is 4.78. The van der Waals surface area contributed by atoms with Gasteiger partial charge in [-0.25, -0.2) is 0 Å². The predicted octanol–water partition coefficient (Wildman–Crippen LogP) is 1.39. The average molecular weight is 351 g/mol. The summed E-state index contributed by atoms with van der Waals surface area (Å²) in [4.78, 5) is 36.3. The van der Waals surface area contributed by atoms with Crippen LogP contribution in [0.25, 0.3) is 0 Å². The van der Waals surface area contributed by atoms with Gasteiger partial charge in [0.1, 0.15) is 5.75 Å². The Hall–Kier alpha value is -2.22. The van der Waals surface area contributed by atoms with Crippen LogP contribution in [-0.2, 0) is 9.59 Å². The molecule has 0 aromatic heterocycles. The highest BCUT2D eigenvalue weighted by molar-refractivity contribution is 8.13. The van der Waals surface area contributed by atoms with Crippen molar-refractivity contribution in [3.05, 3.63) is 29.3 Å². The number of carbonyl (C=O) groups is 3. The minimum atomic E-state index is -0.450. The monoisotopic (exact) mass is 351 g/mol. The van der Waals surface area contributed by atoms with Crippen molar-refractivity contribution < 1.29 is 19.1 Å². The number of hydrazine groups is 1. The molecule has 1 heterocycles. The number of rotatable bonds is 6. The fraction of sp³-hybridized carbons (Fsp3) is 0.438. The highest BCUT2D eigenvalue weighted by Crippen LogP contribution is 2.17. The Balaban J connectivity index is 1.64. The third-order valence-electron chi connectivity index (χ3n) is 3.64. The molecule has 0 bridgehead atoms. The average Bonchev–Trinajstić information content (AvgIpc) is 2.97. The van der Waals surface area contributed by atoms with Crippen molar-refractivity contribution in [2.45, 2.75) is 20.3 Å². The van der Waals surface area contributed by atoms with Crippen molar-refractivity contribution in [1.29, 1.82) is 0 Å². The molecule has 1 aliphatic rings. The zero-order chi connectivity index (χ0) is 17.5. The van der Waals surface area contributed by atoms with Crippen molar-refractivity contribution in [3.8, 4) is 5.75 Å². The number of nitrogens with one attached hydrogen (secondary N) is 2. The molecule has 130 valence electrons. The van der Waals surface area contributed by atoms with E-state index in [-0.39, 0.29) is 24.2 Å². The third kappa shape index (κ3) is 5.45. The van der Waals surface area contributed by atoms with Gasteiger partial charge in [-0.1, -0.05) is 17.8 Å². The summed E-state index contributed by atoms with van der Waals surface area (Å²) in [5, 5.41) is -0.00590. The maximum absolute atomic E-state index is 11.7. The number of ether oxygens (including phenoxy) is 1. The molecule has 1 fully saturated rings. The number of nitrogens with zero attached hydrogens (tertiary/aromatic N) is 1. The van der Waals surface area contributed by atoms with Crippen molar-refractivity contribution >= 4 is 28.8 Å². The lowest BCUT2D eigenvalue weighted by Gasteiger charge is -2.14. The van der Waals surface area contributed by atoms with Crippen molar-refractivity contribution in [1.82, 2.24) is 15.8 Å². The summed E-state index contributed by atoms with van der Waals surface area (Å²) < 4.78 is 5.37. The van der Waals surface area contributed by atoms with Gasteiger partial charge in [-0.05, 0) is 37.1 Å². The Labute approximate surface area is 145 Å². The second-order valence-electron chi connectivity index (χ2n) is 5.48. The molecule has 0 saturated carbocycles. The topological polar surface area (TPSA) is 87.7 Å².